The minimum Gasteiger partial charge on any atom is -0.450 e. The molecule has 1 aromatic heterocycles. The number of carbonyl (C=O) groups is 1. The number of furan rings is 1. The van der Waals surface area contributed by atoms with Crippen LogP contribution in [0, 0.1) is 19.8 Å². The van der Waals surface area contributed by atoms with E-state index in [1.807, 2.05) is 44.0 Å². The maximum Gasteiger partial charge on any atom is 0.289 e. The number of para-hydroxylation sites is 1. The van der Waals surface area contributed by atoms with Crippen molar-refractivity contribution in [2.45, 2.75) is 20.3 Å². The number of nitrogens with one attached hydrogen (secondary N) is 1. The summed E-state index contributed by atoms with van der Waals surface area (Å²) in [5.41, 5.74) is 2.87. The first-order valence-corrected chi connectivity index (χ1v) is 7.54. The van der Waals surface area contributed by atoms with Gasteiger partial charge >= 0.3 is 0 Å². The molecule has 1 saturated heterocycles. The Kier molecular flexibility index (Phi) is 5.14. The fourth-order valence-corrected chi connectivity index (χ4v) is 3.20. The van der Waals surface area contributed by atoms with Gasteiger partial charge in [0.1, 0.15) is 5.58 Å². The van der Waals surface area contributed by atoms with E-state index in [1.165, 1.54) is 0 Å². The quantitative estimate of drug-likeness (QED) is 0.944. The zero-order chi connectivity index (χ0) is 15.0. The van der Waals surface area contributed by atoms with Gasteiger partial charge in [0.05, 0.1) is 0 Å². The van der Waals surface area contributed by atoms with E-state index in [9.17, 15) is 4.79 Å². The van der Waals surface area contributed by atoms with Gasteiger partial charge in [-0.1, -0.05) is 18.2 Å². The molecule has 1 aliphatic heterocycles. The molecule has 1 aliphatic rings. The molecule has 0 radical (unpaired) electrons. The van der Waals surface area contributed by atoms with E-state index in [0.717, 1.165) is 48.2 Å². The van der Waals surface area contributed by atoms with Crippen LogP contribution in [0.4, 0.5) is 0 Å². The normalized spacial score (nSPS) is 17.8. The Labute approximate surface area is 137 Å². The number of hydrogen-bond acceptors (Lipinski definition) is 3. The van der Waals surface area contributed by atoms with Gasteiger partial charge in [0.15, 0.2) is 5.76 Å². The van der Waals surface area contributed by atoms with Crippen molar-refractivity contribution in [2.24, 2.45) is 5.92 Å². The van der Waals surface area contributed by atoms with Crippen LogP contribution in [0.3, 0.4) is 0 Å². The molecule has 1 fully saturated rings. The van der Waals surface area contributed by atoms with Crippen molar-refractivity contribution in [1.82, 2.24) is 10.2 Å². The van der Waals surface area contributed by atoms with Gasteiger partial charge in [0, 0.05) is 24.0 Å². The highest BCUT2D eigenvalue weighted by Crippen LogP contribution is 2.29. The van der Waals surface area contributed by atoms with Crippen LogP contribution in [0.1, 0.15) is 28.1 Å². The van der Waals surface area contributed by atoms with Crippen LogP contribution in [0.2, 0.25) is 0 Å². The summed E-state index contributed by atoms with van der Waals surface area (Å²) in [7, 11) is 1.96. The number of fused-ring (bicyclic) bond motifs is 1. The van der Waals surface area contributed by atoms with Crippen LogP contribution in [-0.2, 0) is 0 Å². The zero-order valence-corrected chi connectivity index (χ0v) is 14.1. The standard InChI is InChI=1S/C17H22N2O2.ClH/c1-11-5-4-6-14-12(2)16(21-15(11)14)17(20)19-8-7-13(10-19)9-18-3;/h4-6,13,18H,7-10H2,1-3H3;1H. The minimum atomic E-state index is 0. The summed E-state index contributed by atoms with van der Waals surface area (Å²) < 4.78 is 5.89. The molecule has 1 unspecified atom stereocenters. The third-order valence-corrected chi connectivity index (χ3v) is 4.42. The van der Waals surface area contributed by atoms with E-state index >= 15 is 0 Å². The number of carbonyl (C=O) groups excluding carboxylic acids is 1. The highest BCUT2D eigenvalue weighted by molar-refractivity contribution is 5.99. The van der Waals surface area contributed by atoms with E-state index in [1.54, 1.807) is 0 Å². The van der Waals surface area contributed by atoms with Crippen molar-refractivity contribution in [3.63, 3.8) is 0 Å². The van der Waals surface area contributed by atoms with Crippen molar-refractivity contribution >= 4 is 29.3 Å². The molecule has 2 aromatic rings. The van der Waals surface area contributed by atoms with Gasteiger partial charge < -0.3 is 14.6 Å². The summed E-state index contributed by atoms with van der Waals surface area (Å²) in [6.45, 7) is 6.58. The largest absolute Gasteiger partial charge is 0.450 e. The molecule has 0 spiro atoms. The molecule has 0 bridgehead atoms. The molecule has 1 atom stereocenters. The molecule has 120 valence electrons. The fraction of sp³-hybridized carbons (Fsp3) is 0.471. The van der Waals surface area contributed by atoms with Crippen LogP contribution in [0.5, 0.6) is 0 Å². The van der Waals surface area contributed by atoms with E-state index in [2.05, 4.69) is 5.32 Å². The average molecular weight is 323 g/mol. The van der Waals surface area contributed by atoms with Crippen LogP contribution < -0.4 is 5.32 Å². The SMILES string of the molecule is CNCC1CCN(C(=O)c2oc3c(C)cccc3c2C)C1.Cl. The summed E-state index contributed by atoms with van der Waals surface area (Å²) in [6, 6.07) is 6.04. The predicted molar refractivity (Wildman–Crippen MR) is 90.9 cm³/mol. The van der Waals surface area contributed by atoms with Gasteiger partial charge in [-0.05, 0) is 45.3 Å². The minimum absolute atomic E-state index is 0. The van der Waals surface area contributed by atoms with Crippen LogP contribution >= 0.6 is 12.4 Å². The fourth-order valence-electron chi connectivity index (χ4n) is 3.20. The first-order chi connectivity index (χ1) is 10.1. The zero-order valence-electron chi connectivity index (χ0n) is 13.3. The Hall–Kier alpha value is -1.52. The smallest absolute Gasteiger partial charge is 0.289 e. The Morgan fingerprint density at radius 2 is 2.18 bits per heavy atom. The number of aryl methyl sites for hydroxylation is 2. The van der Waals surface area contributed by atoms with Crippen LogP contribution in [-0.4, -0.2) is 37.5 Å². The van der Waals surface area contributed by atoms with Gasteiger partial charge in [-0.25, -0.2) is 0 Å². The lowest BCUT2D eigenvalue weighted by atomic mass is 10.1. The number of hydrogen-bond donors (Lipinski definition) is 1. The highest BCUT2D eigenvalue weighted by atomic mass is 35.5. The Morgan fingerprint density at radius 1 is 1.41 bits per heavy atom. The summed E-state index contributed by atoms with van der Waals surface area (Å²) in [4.78, 5) is 14.6. The number of nitrogens with zero attached hydrogens (tertiary/aromatic N) is 1. The molecule has 1 aromatic carbocycles. The molecule has 0 saturated carbocycles. The first kappa shape index (κ1) is 16.8. The lowest BCUT2D eigenvalue weighted by Crippen LogP contribution is -2.30. The molecule has 4 nitrogen and oxygen atoms in total. The van der Waals surface area contributed by atoms with Gasteiger partial charge in [0.25, 0.3) is 5.91 Å². The predicted octanol–water partition coefficient (Wildman–Crippen LogP) is 3.15. The lowest BCUT2D eigenvalue weighted by Gasteiger charge is -2.15. The Bertz CT molecular complexity index is 681. The molecule has 1 N–H and O–H groups in total. The third-order valence-electron chi connectivity index (χ3n) is 4.42. The van der Waals surface area contributed by atoms with Crippen LogP contribution in [0.15, 0.2) is 22.6 Å². The number of halogens is 1. The lowest BCUT2D eigenvalue weighted by molar-refractivity contribution is 0.0757. The van der Waals surface area contributed by atoms with E-state index in [0.29, 0.717) is 11.7 Å². The third kappa shape index (κ3) is 2.85. The molecule has 2 heterocycles. The average Bonchev–Trinajstić information content (AvgIpc) is 3.06. The molecular formula is C17H23ClN2O2. The van der Waals surface area contributed by atoms with Gasteiger partial charge in [-0.2, -0.15) is 0 Å². The monoisotopic (exact) mass is 322 g/mol. The van der Waals surface area contributed by atoms with Crippen molar-refractivity contribution in [1.29, 1.82) is 0 Å². The summed E-state index contributed by atoms with van der Waals surface area (Å²) in [5, 5.41) is 4.23. The van der Waals surface area contributed by atoms with Crippen molar-refractivity contribution < 1.29 is 9.21 Å². The number of rotatable bonds is 3. The summed E-state index contributed by atoms with van der Waals surface area (Å²) in [6.07, 6.45) is 1.06. The second kappa shape index (κ2) is 6.71. The molecular weight excluding hydrogens is 300 g/mol. The summed E-state index contributed by atoms with van der Waals surface area (Å²) in [5.74, 6) is 1.08. The molecule has 5 heteroatoms. The molecule has 0 aliphatic carbocycles. The van der Waals surface area contributed by atoms with Gasteiger partial charge in [0.2, 0.25) is 0 Å². The number of benzene rings is 1. The second-order valence-electron chi connectivity index (χ2n) is 5.97. The van der Waals surface area contributed by atoms with Gasteiger partial charge in [-0.3, -0.25) is 4.79 Å². The van der Waals surface area contributed by atoms with E-state index in [4.69, 9.17) is 4.42 Å². The Morgan fingerprint density at radius 3 is 2.86 bits per heavy atom. The first-order valence-electron chi connectivity index (χ1n) is 7.54. The maximum atomic E-state index is 12.7. The van der Waals surface area contributed by atoms with Crippen molar-refractivity contribution in [2.75, 3.05) is 26.7 Å². The van der Waals surface area contributed by atoms with E-state index < -0.39 is 0 Å². The molecule has 1 amide bonds. The maximum absolute atomic E-state index is 12.7. The topological polar surface area (TPSA) is 45.5 Å². The second-order valence-corrected chi connectivity index (χ2v) is 5.97. The van der Waals surface area contributed by atoms with Crippen molar-refractivity contribution in [3.05, 3.63) is 35.1 Å². The number of amides is 1. The summed E-state index contributed by atoms with van der Waals surface area (Å²) >= 11 is 0. The molecule has 3 rings (SSSR count). The van der Waals surface area contributed by atoms with Crippen LogP contribution in [0.25, 0.3) is 11.0 Å². The highest BCUT2D eigenvalue weighted by Gasteiger charge is 2.29. The Balaban J connectivity index is 0.00000176. The molecule has 22 heavy (non-hydrogen) atoms. The van der Waals surface area contributed by atoms with Crippen molar-refractivity contribution in [3.8, 4) is 0 Å². The van der Waals surface area contributed by atoms with Gasteiger partial charge in [-0.15, -0.1) is 12.4 Å². The van der Waals surface area contributed by atoms with E-state index in [-0.39, 0.29) is 18.3 Å². The number of likely N-dealkylation sites (tertiary alicyclic amines) is 1.